The fraction of sp³-hybridized carbons (Fsp3) is 0.357. The molecule has 1 N–H and O–H groups in total. The van der Waals surface area contributed by atoms with Gasteiger partial charge in [0.25, 0.3) is 5.92 Å². The highest BCUT2D eigenvalue weighted by molar-refractivity contribution is 5.72. The molecule has 0 spiro atoms. The number of allylic oxidation sites excluding steroid dienone is 1. The van der Waals surface area contributed by atoms with Crippen LogP contribution < -0.4 is 4.74 Å². The van der Waals surface area contributed by atoms with Crippen LogP contribution in [0.1, 0.15) is 25.3 Å². The number of rotatable bonds is 7. The Morgan fingerprint density at radius 3 is 2.47 bits per heavy atom. The predicted octanol–water partition coefficient (Wildman–Crippen LogP) is 3.60. The maximum absolute atomic E-state index is 13.0. The van der Waals surface area contributed by atoms with Crippen molar-refractivity contribution in [2.45, 2.75) is 31.8 Å². The van der Waals surface area contributed by atoms with Crippen LogP contribution in [0, 0.1) is 0 Å². The van der Waals surface area contributed by atoms with Gasteiger partial charge in [0, 0.05) is 12.5 Å². The maximum Gasteiger partial charge on any atom is 0.344 e. The Bertz CT molecular complexity index is 435. The van der Waals surface area contributed by atoms with E-state index < -0.39 is 18.0 Å². The van der Waals surface area contributed by atoms with Gasteiger partial charge in [-0.1, -0.05) is 6.08 Å². The van der Waals surface area contributed by atoms with Gasteiger partial charge in [-0.25, -0.2) is 13.6 Å². The molecule has 0 bridgehead atoms. The number of ether oxygens (including phenoxy) is 1. The zero-order chi connectivity index (χ0) is 14.5. The Hall–Kier alpha value is -1.91. The molecule has 104 valence electrons. The van der Waals surface area contributed by atoms with Crippen molar-refractivity contribution in [1.82, 2.24) is 0 Å². The van der Waals surface area contributed by atoms with Crippen molar-refractivity contribution in [3.63, 3.8) is 0 Å². The van der Waals surface area contributed by atoms with Crippen molar-refractivity contribution in [2.24, 2.45) is 0 Å². The molecule has 19 heavy (non-hydrogen) atoms. The van der Waals surface area contributed by atoms with Crippen LogP contribution in [0.25, 0.3) is 0 Å². The third-order valence-electron chi connectivity index (χ3n) is 2.55. The van der Waals surface area contributed by atoms with Gasteiger partial charge in [-0.3, -0.25) is 0 Å². The Kier molecular flexibility index (Phi) is 5.03. The standard InChI is InChI=1S/C14H16F2O3/c1-3-4-5-12(13(17)18)19-11-8-6-10(7-9-11)14(2,15)16/h3,6-9,12H,1,4-5H2,2H3,(H,17,18). The number of alkyl halides is 2. The van der Waals surface area contributed by atoms with Gasteiger partial charge < -0.3 is 9.84 Å². The smallest absolute Gasteiger partial charge is 0.344 e. The molecule has 1 aromatic carbocycles. The summed E-state index contributed by atoms with van der Waals surface area (Å²) >= 11 is 0. The Labute approximate surface area is 110 Å². The summed E-state index contributed by atoms with van der Waals surface area (Å²) in [5.74, 6) is -3.76. The molecular formula is C14H16F2O3. The molecule has 5 heteroatoms. The zero-order valence-corrected chi connectivity index (χ0v) is 10.6. The molecule has 1 aromatic rings. The molecular weight excluding hydrogens is 254 g/mol. The lowest BCUT2D eigenvalue weighted by Gasteiger charge is -2.15. The third kappa shape index (κ3) is 4.69. The van der Waals surface area contributed by atoms with Crippen LogP contribution in [0.2, 0.25) is 0 Å². The SMILES string of the molecule is C=CCCC(Oc1ccc(C(C)(F)F)cc1)C(=O)O. The zero-order valence-electron chi connectivity index (χ0n) is 10.6. The van der Waals surface area contributed by atoms with Gasteiger partial charge in [0.05, 0.1) is 0 Å². The van der Waals surface area contributed by atoms with Crippen LogP contribution in [0.4, 0.5) is 8.78 Å². The van der Waals surface area contributed by atoms with E-state index in [2.05, 4.69) is 6.58 Å². The molecule has 0 aliphatic carbocycles. The number of aliphatic carboxylic acids is 1. The number of halogens is 2. The van der Waals surface area contributed by atoms with Crippen molar-refractivity contribution in [3.05, 3.63) is 42.5 Å². The largest absolute Gasteiger partial charge is 0.479 e. The summed E-state index contributed by atoms with van der Waals surface area (Å²) in [7, 11) is 0. The lowest BCUT2D eigenvalue weighted by molar-refractivity contribution is -0.145. The van der Waals surface area contributed by atoms with Crippen LogP contribution >= 0.6 is 0 Å². The van der Waals surface area contributed by atoms with Crippen LogP contribution in [0.3, 0.4) is 0 Å². The lowest BCUT2D eigenvalue weighted by atomic mass is 10.1. The van der Waals surface area contributed by atoms with Crippen LogP contribution in [0.5, 0.6) is 5.75 Å². The number of hydrogen-bond acceptors (Lipinski definition) is 2. The van der Waals surface area contributed by atoms with Crippen LogP contribution in [0.15, 0.2) is 36.9 Å². The summed E-state index contributed by atoms with van der Waals surface area (Å²) in [5, 5.41) is 8.97. The highest BCUT2D eigenvalue weighted by atomic mass is 19.3. The molecule has 0 radical (unpaired) electrons. The molecule has 0 amide bonds. The fourth-order valence-corrected chi connectivity index (χ4v) is 1.49. The van der Waals surface area contributed by atoms with E-state index in [1.54, 1.807) is 6.08 Å². The van der Waals surface area contributed by atoms with Crippen molar-refractivity contribution < 1.29 is 23.4 Å². The number of carboxylic acids is 1. The van der Waals surface area contributed by atoms with Gasteiger partial charge in [0.2, 0.25) is 0 Å². The molecule has 0 saturated heterocycles. The summed E-state index contributed by atoms with van der Waals surface area (Å²) in [4.78, 5) is 11.0. The molecule has 3 nitrogen and oxygen atoms in total. The van der Waals surface area contributed by atoms with E-state index in [-0.39, 0.29) is 17.7 Å². The monoisotopic (exact) mass is 270 g/mol. The van der Waals surface area contributed by atoms with Gasteiger partial charge >= 0.3 is 5.97 Å². The van der Waals surface area contributed by atoms with Crippen molar-refractivity contribution in [1.29, 1.82) is 0 Å². The van der Waals surface area contributed by atoms with E-state index in [0.29, 0.717) is 6.42 Å². The first-order valence-electron chi connectivity index (χ1n) is 5.83. The molecule has 0 fully saturated rings. The van der Waals surface area contributed by atoms with Crippen LogP contribution in [-0.2, 0) is 10.7 Å². The second-order valence-corrected chi connectivity index (χ2v) is 4.22. The van der Waals surface area contributed by atoms with Gasteiger partial charge in [-0.15, -0.1) is 6.58 Å². The molecule has 0 aromatic heterocycles. The van der Waals surface area contributed by atoms with E-state index in [4.69, 9.17) is 9.84 Å². The van der Waals surface area contributed by atoms with Crippen molar-refractivity contribution in [3.8, 4) is 5.75 Å². The van der Waals surface area contributed by atoms with E-state index >= 15 is 0 Å². The summed E-state index contributed by atoms with van der Waals surface area (Å²) in [5.41, 5.74) is -0.141. The van der Waals surface area contributed by atoms with Gasteiger partial charge in [0.1, 0.15) is 5.75 Å². The minimum absolute atomic E-state index is 0.141. The second kappa shape index (κ2) is 6.31. The first kappa shape index (κ1) is 15.1. The summed E-state index contributed by atoms with van der Waals surface area (Å²) < 4.78 is 31.2. The number of benzene rings is 1. The molecule has 0 aliphatic heterocycles. The molecule has 1 rings (SSSR count). The number of hydrogen-bond donors (Lipinski definition) is 1. The molecule has 0 saturated carbocycles. The average molecular weight is 270 g/mol. The summed E-state index contributed by atoms with van der Waals surface area (Å²) in [6, 6.07) is 5.14. The highest BCUT2D eigenvalue weighted by Crippen LogP contribution is 2.28. The molecule has 0 aliphatic rings. The fourth-order valence-electron chi connectivity index (χ4n) is 1.49. The lowest BCUT2D eigenvalue weighted by Crippen LogP contribution is -2.26. The van der Waals surface area contributed by atoms with Gasteiger partial charge in [-0.2, -0.15) is 0 Å². The number of carbonyl (C=O) groups is 1. The first-order valence-corrected chi connectivity index (χ1v) is 5.83. The molecule has 1 atom stereocenters. The first-order chi connectivity index (χ1) is 8.84. The number of carboxylic acid groups (broad SMARTS) is 1. The van der Waals surface area contributed by atoms with E-state index in [9.17, 15) is 13.6 Å². The minimum atomic E-state index is -2.92. The van der Waals surface area contributed by atoms with E-state index in [0.717, 1.165) is 6.92 Å². The van der Waals surface area contributed by atoms with Gasteiger partial charge in [0.15, 0.2) is 6.10 Å². The van der Waals surface area contributed by atoms with Crippen molar-refractivity contribution >= 4 is 5.97 Å². The molecule has 1 unspecified atom stereocenters. The van der Waals surface area contributed by atoms with E-state index in [1.165, 1.54) is 24.3 Å². The van der Waals surface area contributed by atoms with Gasteiger partial charge in [-0.05, 0) is 37.1 Å². The molecule has 0 heterocycles. The Morgan fingerprint density at radius 2 is 2.05 bits per heavy atom. The quantitative estimate of drug-likeness (QED) is 0.770. The Morgan fingerprint density at radius 1 is 1.47 bits per heavy atom. The third-order valence-corrected chi connectivity index (χ3v) is 2.55. The van der Waals surface area contributed by atoms with Crippen LogP contribution in [-0.4, -0.2) is 17.2 Å². The highest BCUT2D eigenvalue weighted by Gasteiger charge is 2.24. The summed E-state index contributed by atoms with van der Waals surface area (Å²) in [6.45, 7) is 4.30. The second-order valence-electron chi connectivity index (χ2n) is 4.22. The minimum Gasteiger partial charge on any atom is -0.479 e. The normalized spacial score (nSPS) is 12.8. The summed E-state index contributed by atoms with van der Waals surface area (Å²) in [6.07, 6.45) is 1.37. The van der Waals surface area contributed by atoms with E-state index in [1.807, 2.05) is 0 Å². The Balaban J connectivity index is 2.75. The predicted molar refractivity (Wildman–Crippen MR) is 67.5 cm³/mol. The topological polar surface area (TPSA) is 46.5 Å². The maximum atomic E-state index is 13.0. The van der Waals surface area contributed by atoms with Crippen molar-refractivity contribution in [2.75, 3.05) is 0 Å². The average Bonchev–Trinajstić information content (AvgIpc) is 2.33.